The number of esters is 1. The first-order chi connectivity index (χ1) is 13.0. The summed E-state index contributed by atoms with van der Waals surface area (Å²) in [6.07, 6.45) is 0. The van der Waals surface area contributed by atoms with Crippen LogP contribution >= 0.6 is 0 Å². The third-order valence-electron chi connectivity index (χ3n) is 4.80. The Balaban J connectivity index is 1.90. The van der Waals surface area contributed by atoms with Crippen LogP contribution < -0.4 is 0 Å². The molecule has 0 atom stereocenters. The third kappa shape index (κ3) is 2.75. The zero-order valence-corrected chi connectivity index (χ0v) is 14.9. The maximum atomic E-state index is 12.5. The first kappa shape index (κ1) is 16.9. The maximum absolute atomic E-state index is 12.5. The van der Waals surface area contributed by atoms with Gasteiger partial charge in [-0.3, -0.25) is 9.59 Å². The van der Waals surface area contributed by atoms with Gasteiger partial charge < -0.3 is 4.74 Å². The van der Waals surface area contributed by atoms with Crippen LogP contribution in [0.25, 0.3) is 22.3 Å². The van der Waals surface area contributed by atoms with Crippen molar-refractivity contribution in [2.45, 2.75) is 6.92 Å². The molecule has 0 aliphatic heterocycles. The Morgan fingerprint density at radius 3 is 2.07 bits per heavy atom. The predicted molar refractivity (Wildman–Crippen MR) is 102 cm³/mol. The van der Waals surface area contributed by atoms with E-state index in [1.165, 1.54) is 7.11 Å². The molecule has 0 radical (unpaired) electrons. The van der Waals surface area contributed by atoms with E-state index in [0.29, 0.717) is 16.7 Å². The lowest BCUT2D eigenvalue weighted by molar-refractivity contribution is 0.0600. The number of Topliss-reactive ketones (excluding diaryl/α,β-unsaturated/α-hetero) is 2. The van der Waals surface area contributed by atoms with Crippen molar-refractivity contribution >= 4 is 17.5 Å². The zero-order valence-electron chi connectivity index (χ0n) is 14.9. The Morgan fingerprint density at radius 2 is 1.37 bits per heavy atom. The fraction of sp³-hybridized carbons (Fsp3) is 0.0870. The number of carbonyl (C=O) groups excluding carboxylic acids is 3. The van der Waals surface area contributed by atoms with Crippen LogP contribution in [0.1, 0.15) is 36.6 Å². The summed E-state index contributed by atoms with van der Waals surface area (Å²) in [4.78, 5) is 36.7. The second-order valence-corrected chi connectivity index (χ2v) is 6.54. The molecule has 0 heterocycles. The number of ketones is 2. The summed E-state index contributed by atoms with van der Waals surface area (Å²) in [6, 6.07) is 17.9. The summed E-state index contributed by atoms with van der Waals surface area (Å²) in [6.45, 7) is 1.95. The summed E-state index contributed by atoms with van der Waals surface area (Å²) in [7, 11) is 1.34. The van der Waals surface area contributed by atoms with E-state index in [2.05, 4.69) is 0 Å². The van der Waals surface area contributed by atoms with Crippen molar-refractivity contribution in [3.63, 3.8) is 0 Å². The molecule has 4 nitrogen and oxygen atoms in total. The molecule has 3 aromatic rings. The molecular formula is C23H16O4. The Morgan fingerprint density at radius 1 is 0.741 bits per heavy atom. The lowest BCUT2D eigenvalue weighted by Crippen LogP contribution is -2.21. The highest BCUT2D eigenvalue weighted by atomic mass is 16.5. The molecule has 3 aromatic carbocycles. The van der Waals surface area contributed by atoms with Crippen molar-refractivity contribution in [3.8, 4) is 22.3 Å². The molecule has 0 N–H and O–H groups in total. The van der Waals surface area contributed by atoms with Gasteiger partial charge >= 0.3 is 5.97 Å². The highest BCUT2D eigenvalue weighted by Crippen LogP contribution is 2.37. The second-order valence-electron chi connectivity index (χ2n) is 6.54. The Hall–Kier alpha value is -3.53. The van der Waals surface area contributed by atoms with Crippen LogP contribution in [0.2, 0.25) is 0 Å². The van der Waals surface area contributed by atoms with Crippen LogP contribution in [0, 0.1) is 6.92 Å². The van der Waals surface area contributed by atoms with Crippen LogP contribution in [-0.2, 0) is 4.74 Å². The molecular weight excluding hydrogens is 340 g/mol. The SMILES string of the molecule is COC(=O)c1cccc(-c2ccc3c(c2)-c2cc(C)ccc2C(=O)C3=O)c1. The molecule has 0 saturated carbocycles. The monoisotopic (exact) mass is 356 g/mol. The molecule has 4 heteroatoms. The van der Waals surface area contributed by atoms with Crippen molar-refractivity contribution in [3.05, 3.63) is 82.9 Å². The summed E-state index contributed by atoms with van der Waals surface area (Å²) in [5, 5.41) is 0. The molecule has 0 bridgehead atoms. The summed E-state index contributed by atoms with van der Waals surface area (Å²) < 4.78 is 4.78. The van der Waals surface area contributed by atoms with Gasteiger partial charge in [0.2, 0.25) is 11.6 Å². The van der Waals surface area contributed by atoms with Gasteiger partial charge in [0.25, 0.3) is 0 Å². The first-order valence-corrected chi connectivity index (χ1v) is 8.52. The Kier molecular flexibility index (Phi) is 3.96. The zero-order chi connectivity index (χ0) is 19.1. The molecule has 1 aliphatic rings. The number of hydrogen-bond donors (Lipinski definition) is 0. The van der Waals surface area contributed by atoms with E-state index in [1.54, 1.807) is 36.4 Å². The number of hydrogen-bond acceptors (Lipinski definition) is 4. The van der Waals surface area contributed by atoms with Gasteiger partial charge in [0.05, 0.1) is 12.7 Å². The summed E-state index contributed by atoms with van der Waals surface area (Å²) in [5.41, 5.74) is 5.49. The molecule has 0 fully saturated rings. The van der Waals surface area contributed by atoms with Gasteiger partial charge in [0, 0.05) is 11.1 Å². The largest absolute Gasteiger partial charge is 0.465 e. The van der Waals surface area contributed by atoms with E-state index >= 15 is 0 Å². The van der Waals surface area contributed by atoms with E-state index in [1.807, 2.05) is 31.2 Å². The van der Waals surface area contributed by atoms with E-state index < -0.39 is 17.5 Å². The number of rotatable bonds is 2. The number of methoxy groups -OCH3 is 1. The number of fused-ring (bicyclic) bond motifs is 3. The molecule has 27 heavy (non-hydrogen) atoms. The van der Waals surface area contributed by atoms with Crippen molar-refractivity contribution < 1.29 is 19.1 Å². The van der Waals surface area contributed by atoms with Crippen LogP contribution in [0.4, 0.5) is 0 Å². The van der Waals surface area contributed by atoms with E-state index in [0.717, 1.165) is 27.8 Å². The highest BCUT2D eigenvalue weighted by molar-refractivity contribution is 6.53. The van der Waals surface area contributed by atoms with Crippen molar-refractivity contribution in [2.24, 2.45) is 0 Å². The van der Waals surface area contributed by atoms with Crippen molar-refractivity contribution in [1.82, 2.24) is 0 Å². The van der Waals surface area contributed by atoms with Crippen molar-refractivity contribution in [1.29, 1.82) is 0 Å². The second kappa shape index (κ2) is 6.32. The standard InChI is InChI=1S/C23H16O4/c1-13-6-8-17-19(10-13)20-12-15(7-9-18(20)22(25)21(17)24)14-4-3-5-16(11-14)23(26)27-2/h3-12H,1-2H3. The normalized spacial score (nSPS) is 12.4. The number of carbonyl (C=O) groups is 3. The Bertz CT molecular complexity index is 1120. The molecule has 0 saturated heterocycles. The van der Waals surface area contributed by atoms with E-state index in [9.17, 15) is 14.4 Å². The van der Waals surface area contributed by atoms with Gasteiger partial charge in [-0.1, -0.05) is 42.0 Å². The van der Waals surface area contributed by atoms with Gasteiger partial charge in [0.15, 0.2) is 0 Å². The Labute approximate surface area is 156 Å². The first-order valence-electron chi connectivity index (χ1n) is 8.52. The van der Waals surface area contributed by atoms with Gasteiger partial charge in [-0.05, 0) is 53.4 Å². The molecule has 0 spiro atoms. The smallest absolute Gasteiger partial charge is 0.337 e. The average Bonchev–Trinajstić information content (AvgIpc) is 2.71. The molecule has 4 rings (SSSR count). The highest BCUT2D eigenvalue weighted by Gasteiger charge is 2.30. The summed E-state index contributed by atoms with van der Waals surface area (Å²) in [5.74, 6) is -1.37. The molecule has 1 aliphatic carbocycles. The predicted octanol–water partition coefficient (Wildman–Crippen LogP) is 4.49. The van der Waals surface area contributed by atoms with E-state index in [-0.39, 0.29) is 0 Å². The van der Waals surface area contributed by atoms with Crippen molar-refractivity contribution in [2.75, 3.05) is 7.11 Å². The molecule has 0 aromatic heterocycles. The van der Waals surface area contributed by atoms with E-state index in [4.69, 9.17) is 4.74 Å². The van der Waals surface area contributed by atoms with Gasteiger partial charge in [-0.2, -0.15) is 0 Å². The minimum atomic E-state index is -0.490. The average molecular weight is 356 g/mol. The van der Waals surface area contributed by atoms with Crippen LogP contribution in [0.15, 0.2) is 60.7 Å². The number of aryl methyl sites for hydroxylation is 1. The minimum absolute atomic E-state index is 0.406. The fourth-order valence-electron chi connectivity index (χ4n) is 3.41. The van der Waals surface area contributed by atoms with Crippen LogP contribution in [0.5, 0.6) is 0 Å². The lowest BCUT2D eigenvalue weighted by atomic mass is 9.82. The maximum Gasteiger partial charge on any atom is 0.337 e. The van der Waals surface area contributed by atoms with Crippen LogP contribution in [-0.4, -0.2) is 24.6 Å². The summed E-state index contributed by atoms with van der Waals surface area (Å²) >= 11 is 0. The molecule has 0 amide bonds. The molecule has 0 unspecified atom stereocenters. The van der Waals surface area contributed by atoms with Crippen LogP contribution in [0.3, 0.4) is 0 Å². The number of ether oxygens (including phenoxy) is 1. The molecule has 132 valence electrons. The van der Waals surface area contributed by atoms with Gasteiger partial charge in [-0.25, -0.2) is 4.79 Å². The fourth-order valence-corrected chi connectivity index (χ4v) is 3.41. The quantitative estimate of drug-likeness (QED) is 0.501. The van der Waals surface area contributed by atoms with Gasteiger partial charge in [0.1, 0.15) is 0 Å². The topological polar surface area (TPSA) is 60.4 Å². The number of benzene rings is 3. The minimum Gasteiger partial charge on any atom is -0.465 e. The third-order valence-corrected chi connectivity index (χ3v) is 4.80. The van der Waals surface area contributed by atoms with Gasteiger partial charge in [-0.15, -0.1) is 0 Å². The lowest BCUT2D eigenvalue weighted by Gasteiger charge is -2.19.